The molecule has 0 fully saturated rings. The second-order valence-corrected chi connectivity index (χ2v) is 5.09. The molecule has 0 aliphatic heterocycles. The van der Waals surface area contributed by atoms with Crippen LogP contribution in [-0.4, -0.2) is 43.1 Å². The van der Waals surface area contributed by atoms with Crippen molar-refractivity contribution in [3.63, 3.8) is 0 Å². The Morgan fingerprint density at radius 3 is 2.22 bits per heavy atom. The number of rotatable bonds is 7. The van der Waals surface area contributed by atoms with Crippen molar-refractivity contribution in [2.24, 2.45) is 0 Å². The maximum Gasteiger partial charge on any atom is 0.254 e. The number of amides is 1. The number of aromatic nitrogens is 1. The molecule has 0 radical (unpaired) electrons. The summed E-state index contributed by atoms with van der Waals surface area (Å²) in [6.07, 6.45) is 4.32. The summed E-state index contributed by atoms with van der Waals surface area (Å²) in [6, 6.07) is 9.16. The summed E-state index contributed by atoms with van der Waals surface area (Å²) >= 11 is 0. The number of carbonyl (C=O) groups excluding carboxylic acids is 1. The standard InChI is InChI=1S/C18H22N2O3/c1-4-20(10-7-14-5-8-19-9-6-14)18(21)15-11-16(22-2)13-17(12-15)23-3/h5-6,8-9,11-13H,4,7,10H2,1-3H3. The maximum absolute atomic E-state index is 12.7. The Morgan fingerprint density at radius 2 is 1.70 bits per heavy atom. The Morgan fingerprint density at radius 1 is 1.09 bits per heavy atom. The first kappa shape index (κ1) is 16.8. The van der Waals surface area contributed by atoms with Gasteiger partial charge in [0.15, 0.2) is 0 Å². The summed E-state index contributed by atoms with van der Waals surface area (Å²) in [6.45, 7) is 3.27. The van der Waals surface area contributed by atoms with Gasteiger partial charge in [-0.2, -0.15) is 0 Å². The Labute approximate surface area is 136 Å². The average Bonchev–Trinajstić information content (AvgIpc) is 2.62. The van der Waals surface area contributed by atoms with Gasteiger partial charge < -0.3 is 14.4 Å². The molecule has 0 saturated heterocycles. The van der Waals surface area contributed by atoms with Crippen LogP contribution in [0.15, 0.2) is 42.7 Å². The monoisotopic (exact) mass is 314 g/mol. The van der Waals surface area contributed by atoms with E-state index in [-0.39, 0.29) is 5.91 Å². The molecule has 5 nitrogen and oxygen atoms in total. The van der Waals surface area contributed by atoms with Crippen molar-refractivity contribution in [1.82, 2.24) is 9.88 Å². The third kappa shape index (κ3) is 4.45. The minimum atomic E-state index is -0.0289. The first-order chi connectivity index (χ1) is 11.2. The highest BCUT2D eigenvalue weighted by molar-refractivity contribution is 5.95. The van der Waals surface area contributed by atoms with Crippen LogP contribution in [-0.2, 0) is 6.42 Å². The van der Waals surface area contributed by atoms with Crippen molar-refractivity contribution >= 4 is 5.91 Å². The van der Waals surface area contributed by atoms with Crippen molar-refractivity contribution in [3.05, 3.63) is 53.9 Å². The highest BCUT2D eigenvalue weighted by Gasteiger charge is 2.16. The number of carbonyl (C=O) groups is 1. The molecule has 0 spiro atoms. The van der Waals surface area contributed by atoms with Crippen molar-refractivity contribution < 1.29 is 14.3 Å². The smallest absolute Gasteiger partial charge is 0.254 e. The molecule has 0 N–H and O–H groups in total. The van der Waals surface area contributed by atoms with E-state index in [0.29, 0.717) is 30.2 Å². The minimum Gasteiger partial charge on any atom is -0.497 e. The molecule has 23 heavy (non-hydrogen) atoms. The fourth-order valence-electron chi connectivity index (χ4n) is 2.33. The van der Waals surface area contributed by atoms with Crippen LogP contribution in [0.5, 0.6) is 11.5 Å². The van der Waals surface area contributed by atoms with Gasteiger partial charge in [-0.3, -0.25) is 9.78 Å². The van der Waals surface area contributed by atoms with Crippen LogP contribution < -0.4 is 9.47 Å². The number of methoxy groups -OCH3 is 2. The number of hydrogen-bond donors (Lipinski definition) is 0. The third-order valence-corrected chi connectivity index (χ3v) is 3.69. The van der Waals surface area contributed by atoms with E-state index < -0.39 is 0 Å². The van der Waals surface area contributed by atoms with Crippen LogP contribution in [0.2, 0.25) is 0 Å². The van der Waals surface area contributed by atoms with Gasteiger partial charge in [0.1, 0.15) is 11.5 Å². The predicted octanol–water partition coefficient (Wildman–Crippen LogP) is 2.80. The maximum atomic E-state index is 12.7. The van der Waals surface area contributed by atoms with Crippen molar-refractivity contribution in [3.8, 4) is 11.5 Å². The van der Waals surface area contributed by atoms with E-state index in [1.54, 1.807) is 44.8 Å². The molecule has 1 heterocycles. The highest BCUT2D eigenvalue weighted by atomic mass is 16.5. The number of likely N-dealkylation sites (N-methyl/N-ethyl adjacent to an activating group) is 1. The van der Waals surface area contributed by atoms with Crippen LogP contribution in [0, 0.1) is 0 Å². The molecular formula is C18H22N2O3. The lowest BCUT2D eigenvalue weighted by atomic mass is 10.1. The molecule has 0 aliphatic rings. The molecule has 0 unspecified atom stereocenters. The third-order valence-electron chi connectivity index (χ3n) is 3.69. The van der Waals surface area contributed by atoms with Gasteiger partial charge in [-0.05, 0) is 43.2 Å². The Bertz CT molecular complexity index is 622. The van der Waals surface area contributed by atoms with Crippen molar-refractivity contribution in [2.45, 2.75) is 13.3 Å². The summed E-state index contributed by atoms with van der Waals surface area (Å²) < 4.78 is 10.5. The topological polar surface area (TPSA) is 51.7 Å². The molecule has 0 bridgehead atoms. The molecule has 0 saturated carbocycles. The second-order valence-electron chi connectivity index (χ2n) is 5.09. The first-order valence-electron chi connectivity index (χ1n) is 7.59. The van der Waals surface area contributed by atoms with E-state index in [0.717, 1.165) is 12.0 Å². The van der Waals surface area contributed by atoms with E-state index in [1.807, 2.05) is 24.0 Å². The fourth-order valence-corrected chi connectivity index (χ4v) is 2.33. The van der Waals surface area contributed by atoms with Gasteiger partial charge in [-0.15, -0.1) is 0 Å². The lowest BCUT2D eigenvalue weighted by Gasteiger charge is -2.21. The lowest BCUT2D eigenvalue weighted by molar-refractivity contribution is 0.0765. The van der Waals surface area contributed by atoms with E-state index in [9.17, 15) is 4.79 Å². The second kappa shape index (κ2) is 8.17. The number of ether oxygens (including phenoxy) is 2. The average molecular weight is 314 g/mol. The number of nitrogens with zero attached hydrogens (tertiary/aromatic N) is 2. The summed E-state index contributed by atoms with van der Waals surface area (Å²) in [5, 5.41) is 0. The Balaban J connectivity index is 2.12. The van der Waals surface area contributed by atoms with E-state index in [4.69, 9.17) is 9.47 Å². The van der Waals surface area contributed by atoms with Crippen LogP contribution in [0.25, 0.3) is 0 Å². The Kier molecular flexibility index (Phi) is 5.97. The van der Waals surface area contributed by atoms with Crippen molar-refractivity contribution in [1.29, 1.82) is 0 Å². The number of hydrogen-bond acceptors (Lipinski definition) is 4. The quantitative estimate of drug-likeness (QED) is 0.788. The van der Waals surface area contributed by atoms with Gasteiger partial charge in [0, 0.05) is 37.1 Å². The van der Waals surface area contributed by atoms with Gasteiger partial charge in [0.05, 0.1) is 14.2 Å². The molecule has 1 aromatic heterocycles. The molecular weight excluding hydrogens is 292 g/mol. The van der Waals surface area contributed by atoms with Gasteiger partial charge in [0.25, 0.3) is 5.91 Å². The SMILES string of the molecule is CCN(CCc1ccncc1)C(=O)c1cc(OC)cc(OC)c1. The molecule has 0 aliphatic carbocycles. The van der Waals surface area contributed by atoms with Crippen LogP contribution in [0.4, 0.5) is 0 Å². The molecule has 122 valence electrons. The van der Waals surface area contributed by atoms with Gasteiger partial charge in [-0.1, -0.05) is 0 Å². The van der Waals surface area contributed by atoms with Crippen LogP contribution >= 0.6 is 0 Å². The van der Waals surface area contributed by atoms with E-state index in [1.165, 1.54) is 0 Å². The zero-order chi connectivity index (χ0) is 16.7. The molecule has 1 amide bonds. The van der Waals surface area contributed by atoms with Gasteiger partial charge in [-0.25, -0.2) is 0 Å². The number of pyridine rings is 1. The van der Waals surface area contributed by atoms with Crippen molar-refractivity contribution in [2.75, 3.05) is 27.3 Å². The summed E-state index contributed by atoms with van der Waals surface area (Å²) in [7, 11) is 3.15. The molecule has 1 aromatic carbocycles. The predicted molar refractivity (Wildman–Crippen MR) is 89.1 cm³/mol. The Hall–Kier alpha value is -2.56. The zero-order valence-corrected chi connectivity index (χ0v) is 13.8. The molecule has 5 heteroatoms. The van der Waals surface area contributed by atoms with Gasteiger partial charge >= 0.3 is 0 Å². The normalized spacial score (nSPS) is 10.2. The zero-order valence-electron chi connectivity index (χ0n) is 13.8. The molecule has 2 aromatic rings. The lowest BCUT2D eigenvalue weighted by Crippen LogP contribution is -2.32. The summed E-state index contributed by atoms with van der Waals surface area (Å²) in [4.78, 5) is 18.6. The van der Waals surface area contributed by atoms with Crippen LogP contribution in [0.1, 0.15) is 22.8 Å². The fraction of sp³-hybridized carbons (Fsp3) is 0.333. The van der Waals surface area contributed by atoms with Gasteiger partial charge in [0.2, 0.25) is 0 Å². The number of benzene rings is 1. The minimum absolute atomic E-state index is 0.0289. The molecule has 2 rings (SSSR count). The largest absolute Gasteiger partial charge is 0.497 e. The summed E-state index contributed by atoms with van der Waals surface area (Å²) in [5.41, 5.74) is 1.73. The van der Waals surface area contributed by atoms with E-state index >= 15 is 0 Å². The van der Waals surface area contributed by atoms with E-state index in [2.05, 4.69) is 4.98 Å². The van der Waals surface area contributed by atoms with Crippen LogP contribution in [0.3, 0.4) is 0 Å². The highest BCUT2D eigenvalue weighted by Crippen LogP contribution is 2.23. The first-order valence-corrected chi connectivity index (χ1v) is 7.59. The summed E-state index contributed by atoms with van der Waals surface area (Å²) in [5.74, 6) is 1.19. The molecule has 0 atom stereocenters.